The van der Waals surface area contributed by atoms with E-state index in [1.165, 1.54) is 76.7 Å². The Labute approximate surface area is 153 Å². The fourth-order valence-electron chi connectivity index (χ4n) is 4.20. The van der Waals surface area contributed by atoms with Crippen molar-refractivity contribution in [2.45, 2.75) is 90.4 Å². The molecule has 0 bridgehead atoms. The molecule has 0 saturated heterocycles. The predicted molar refractivity (Wildman–Crippen MR) is 103 cm³/mol. The SMILES string of the molecule is CCCCCCCC[C@H]1CC[C@H](CCc2ccc(C#N)cc2F)CC1. The van der Waals surface area contributed by atoms with Crippen LogP contribution >= 0.6 is 0 Å². The third-order valence-corrected chi connectivity index (χ3v) is 5.94. The molecule has 1 aromatic rings. The highest BCUT2D eigenvalue weighted by Crippen LogP contribution is 2.34. The molecular weight excluding hydrogens is 309 g/mol. The number of nitrogens with zero attached hydrogens (tertiary/aromatic N) is 1. The molecule has 1 aliphatic rings. The van der Waals surface area contributed by atoms with E-state index in [1.807, 2.05) is 6.07 Å². The number of halogens is 1. The van der Waals surface area contributed by atoms with Gasteiger partial charge in [0.25, 0.3) is 0 Å². The summed E-state index contributed by atoms with van der Waals surface area (Å²) < 4.78 is 14.0. The molecule has 0 radical (unpaired) electrons. The van der Waals surface area contributed by atoms with Crippen LogP contribution in [0.1, 0.15) is 95.1 Å². The van der Waals surface area contributed by atoms with Crippen molar-refractivity contribution in [1.82, 2.24) is 0 Å². The number of nitriles is 1. The first-order valence-corrected chi connectivity index (χ1v) is 10.4. The van der Waals surface area contributed by atoms with Gasteiger partial charge < -0.3 is 0 Å². The van der Waals surface area contributed by atoms with Gasteiger partial charge in [0.05, 0.1) is 11.6 Å². The number of hydrogen-bond acceptors (Lipinski definition) is 1. The van der Waals surface area contributed by atoms with Gasteiger partial charge in [0.2, 0.25) is 0 Å². The molecule has 138 valence electrons. The number of aryl methyl sites for hydroxylation is 1. The van der Waals surface area contributed by atoms with Crippen molar-refractivity contribution in [2.24, 2.45) is 11.8 Å². The lowest BCUT2D eigenvalue weighted by atomic mass is 9.77. The van der Waals surface area contributed by atoms with Crippen molar-refractivity contribution >= 4 is 0 Å². The standard InChI is InChI=1S/C23H34FN/c1-2-3-4-5-6-7-8-19-9-11-20(12-10-19)13-15-22-16-14-21(18-25)17-23(22)24/h14,16-17,19-20H,2-13,15H2,1H3/t19-,20-. The van der Waals surface area contributed by atoms with Crippen LogP contribution in [0.5, 0.6) is 0 Å². The Bertz CT molecular complexity index is 538. The summed E-state index contributed by atoms with van der Waals surface area (Å²) in [6.07, 6.45) is 17.1. The molecule has 1 nitrogen and oxygen atoms in total. The van der Waals surface area contributed by atoms with Gasteiger partial charge in [-0.2, -0.15) is 5.26 Å². The van der Waals surface area contributed by atoms with Crippen LogP contribution in [0.25, 0.3) is 0 Å². The van der Waals surface area contributed by atoms with Gasteiger partial charge in [0.15, 0.2) is 0 Å². The Morgan fingerprint density at radius 3 is 2.24 bits per heavy atom. The molecule has 1 aromatic carbocycles. The first kappa shape index (κ1) is 20.0. The van der Waals surface area contributed by atoms with E-state index >= 15 is 0 Å². The third kappa shape index (κ3) is 7.18. The predicted octanol–water partition coefficient (Wildman–Crippen LogP) is 7.19. The summed E-state index contributed by atoms with van der Waals surface area (Å²) in [5, 5.41) is 8.81. The molecule has 0 N–H and O–H groups in total. The summed E-state index contributed by atoms with van der Waals surface area (Å²) in [6, 6.07) is 6.89. The molecule has 25 heavy (non-hydrogen) atoms. The van der Waals surface area contributed by atoms with Gasteiger partial charge in [-0.25, -0.2) is 4.39 Å². The second kappa shape index (κ2) is 11.3. The zero-order valence-corrected chi connectivity index (χ0v) is 15.9. The van der Waals surface area contributed by atoms with Crippen LogP contribution in [0.2, 0.25) is 0 Å². The molecule has 2 heteroatoms. The zero-order chi connectivity index (χ0) is 17.9. The Balaban J connectivity index is 1.60. The highest BCUT2D eigenvalue weighted by molar-refractivity contribution is 5.32. The van der Waals surface area contributed by atoms with Gasteiger partial charge >= 0.3 is 0 Å². The normalized spacial score (nSPS) is 20.4. The topological polar surface area (TPSA) is 23.8 Å². The molecule has 1 aliphatic carbocycles. The minimum atomic E-state index is -0.212. The van der Waals surface area contributed by atoms with Crippen LogP contribution in [0.15, 0.2) is 18.2 Å². The molecular formula is C23H34FN. The van der Waals surface area contributed by atoms with E-state index in [4.69, 9.17) is 5.26 Å². The van der Waals surface area contributed by atoms with Crippen molar-refractivity contribution in [3.63, 3.8) is 0 Å². The van der Waals surface area contributed by atoms with E-state index in [2.05, 4.69) is 6.92 Å². The second-order valence-electron chi connectivity index (χ2n) is 7.90. The van der Waals surface area contributed by atoms with Crippen LogP contribution in [0.4, 0.5) is 4.39 Å². The quantitative estimate of drug-likeness (QED) is 0.412. The summed E-state index contributed by atoms with van der Waals surface area (Å²) in [4.78, 5) is 0. The van der Waals surface area contributed by atoms with Gasteiger partial charge in [0, 0.05) is 0 Å². The molecule has 1 fully saturated rings. The Kier molecular flexibility index (Phi) is 9.02. The number of benzene rings is 1. The Morgan fingerprint density at radius 1 is 0.960 bits per heavy atom. The largest absolute Gasteiger partial charge is 0.207 e. The maximum Gasteiger partial charge on any atom is 0.127 e. The average Bonchev–Trinajstić information content (AvgIpc) is 2.64. The number of unbranched alkanes of at least 4 members (excludes halogenated alkanes) is 5. The smallest absolute Gasteiger partial charge is 0.127 e. The van der Waals surface area contributed by atoms with E-state index in [0.29, 0.717) is 5.56 Å². The van der Waals surface area contributed by atoms with Crippen LogP contribution < -0.4 is 0 Å². The summed E-state index contributed by atoms with van der Waals surface area (Å²) in [5.41, 5.74) is 1.18. The van der Waals surface area contributed by atoms with E-state index < -0.39 is 0 Å². The van der Waals surface area contributed by atoms with Crippen LogP contribution in [0.3, 0.4) is 0 Å². The summed E-state index contributed by atoms with van der Waals surface area (Å²) in [5.74, 6) is 1.49. The Hall–Kier alpha value is -1.36. The first-order valence-electron chi connectivity index (χ1n) is 10.4. The highest BCUT2D eigenvalue weighted by Gasteiger charge is 2.21. The fourth-order valence-corrected chi connectivity index (χ4v) is 4.20. The minimum absolute atomic E-state index is 0.212. The third-order valence-electron chi connectivity index (χ3n) is 5.94. The summed E-state index contributed by atoms with van der Waals surface area (Å²) in [7, 11) is 0. The fraction of sp³-hybridized carbons (Fsp3) is 0.696. The molecule has 0 atom stereocenters. The van der Waals surface area contributed by atoms with Crippen molar-refractivity contribution in [2.75, 3.05) is 0 Å². The van der Waals surface area contributed by atoms with Crippen LogP contribution in [-0.4, -0.2) is 0 Å². The molecule has 0 spiro atoms. The van der Waals surface area contributed by atoms with Crippen molar-refractivity contribution < 1.29 is 4.39 Å². The van der Waals surface area contributed by atoms with Crippen LogP contribution in [-0.2, 0) is 6.42 Å². The van der Waals surface area contributed by atoms with E-state index in [-0.39, 0.29) is 5.82 Å². The van der Waals surface area contributed by atoms with Gasteiger partial charge in [-0.1, -0.05) is 83.6 Å². The van der Waals surface area contributed by atoms with E-state index in [1.54, 1.807) is 12.1 Å². The molecule has 0 amide bonds. The lowest BCUT2D eigenvalue weighted by Crippen LogP contribution is -2.15. The molecule has 0 heterocycles. The van der Waals surface area contributed by atoms with Crippen molar-refractivity contribution in [1.29, 1.82) is 5.26 Å². The molecule has 0 unspecified atom stereocenters. The second-order valence-corrected chi connectivity index (χ2v) is 7.90. The molecule has 2 rings (SSSR count). The minimum Gasteiger partial charge on any atom is -0.207 e. The van der Waals surface area contributed by atoms with Crippen molar-refractivity contribution in [3.8, 4) is 6.07 Å². The lowest BCUT2D eigenvalue weighted by molar-refractivity contribution is 0.248. The maximum absolute atomic E-state index is 14.0. The maximum atomic E-state index is 14.0. The van der Waals surface area contributed by atoms with E-state index in [9.17, 15) is 4.39 Å². The number of rotatable bonds is 10. The monoisotopic (exact) mass is 343 g/mol. The van der Waals surface area contributed by atoms with Gasteiger partial charge in [0.1, 0.15) is 5.82 Å². The summed E-state index contributed by atoms with van der Waals surface area (Å²) in [6.45, 7) is 2.27. The lowest BCUT2D eigenvalue weighted by Gasteiger charge is -2.28. The summed E-state index contributed by atoms with van der Waals surface area (Å²) >= 11 is 0. The van der Waals surface area contributed by atoms with Crippen LogP contribution in [0, 0.1) is 29.0 Å². The Morgan fingerprint density at radius 2 is 1.60 bits per heavy atom. The van der Waals surface area contributed by atoms with E-state index in [0.717, 1.165) is 30.2 Å². The highest BCUT2D eigenvalue weighted by atomic mass is 19.1. The van der Waals surface area contributed by atoms with Gasteiger partial charge in [-0.05, 0) is 42.4 Å². The average molecular weight is 344 g/mol. The van der Waals surface area contributed by atoms with Gasteiger partial charge in [-0.3, -0.25) is 0 Å². The zero-order valence-electron chi connectivity index (χ0n) is 15.9. The first-order chi connectivity index (χ1) is 12.2. The van der Waals surface area contributed by atoms with Crippen molar-refractivity contribution in [3.05, 3.63) is 35.1 Å². The molecule has 1 saturated carbocycles. The van der Waals surface area contributed by atoms with Gasteiger partial charge in [-0.15, -0.1) is 0 Å². The molecule has 0 aromatic heterocycles. The number of hydrogen-bond donors (Lipinski definition) is 0. The molecule has 0 aliphatic heterocycles.